The molecule has 2 aliphatic heterocycles. The molecule has 2 heterocycles. The van der Waals surface area contributed by atoms with Gasteiger partial charge in [0.05, 0.1) is 0 Å². The number of ketones is 1. The van der Waals surface area contributed by atoms with Crippen molar-refractivity contribution in [2.75, 3.05) is 26.2 Å². The van der Waals surface area contributed by atoms with Gasteiger partial charge in [-0.3, -0.25) is 14.5 Å². The lowest BCUT2D eigenvalue weighted by atomic mass is 9.74. The first-order valence-corrected chi connectivity index (χ1v) is 9.99. The highest BCUT2D eigenvalue weighted by Crippen LogP contribution is 2.33. The van der Waals surface area contributed by atoms with Gasteiger partial charge in [0.25, 0.3) is 0 Å². The van der Waals surface area contributed by atoms with E-state index in [9.17, 15) is 9.59 Å². The second kappa shape index (κ2) is 7.38. The van der Waals surface area contributed by atoms with Crippen molar-refractivity contribution in [3.05, 3.63) is 0 Å². The van der Waals surface area contributed by atoms with Crippen molar-refractivity contribution < 1.29 is 9.59 Å². The number of carbonyl (C=O) groups excluding carboxylic acids is 2. The molecule has 2 atom stereocenters. The summed E-state index contributed by atoms with van der Waals surface area (Å²) < 4.78 is 0. The molecule has 0 spiro atoms. The van der Waals surface area contributed by atoms with Gasteiger partial charge in [-0.1, -0.05) is 27.7 Å². The minimum Gasteiger partial charge on any atom is -0.342 e. The first kappa shape index (κ1) is 20.4. The molecule has 2 unspecified atom stereocenters. The number of piperidine rings is 2. The second-order valence-corrected chi connectivity index (χ2v) is 10.2. The quantitative estimate of drug-likeness (QED) is 0.764. The predicted molar refractivity (Wildman–Crippen MR) is 102 cm³/mol. The SMILES string of the molecule is CC1CN(C(=O)C2CCN(C(C)(C)C)CC2)CCC1C(=O)C(C)(C)C. The van der Waals surface area contributed by atoms with Gasteiger partial charge in [0.1, 0.15) is 5.78 Å². The summed E-state index contributed by atoms with van der Waals surface area (Å²) >= 11 is 0. The number of Topliss-reactive ketones (excluding diaryl/α,β-unsaturated/α-hetero) is 1. The summed E-state index contributed by atoms with van der Waals surface area (Å²) in [6, 6.07) is 0. The second-order valence-electron chi connectivity index (χ2n) is 10.2. The molecular weight excluding hydrogens is 312 g/mol. The monoisotopic (exact) mass is 350 g/mol. The molecule has 4 nitrogen and oxygen atoms in total. The summed E-state index contributed by atoms with van der Waals surface area (Å²) in [5.41, 5.74) is -0.0981. The summed E-state index contributed by atoms with van der Waals surface area (Å²) in [6.45, 7) is 18.4. The highest BCUT2D eigenvalue weighted by molar-refractivity contribution is 5.86. The van der Waals surface area contributed by atoms with E-state index in [0.717, 1.165) is 45.4 Å². The lowest BCUT2D eigenvalue weighted by Crippen LogP contribution is -2.52. The van der Waals surface area contributed by atoms with Gasteiger partial charge in [-0.05, 0) is 59.0 Å². The number of amides is 1. The summed E-state index contributed by atoms with van der Waals surface area (Å²) in [7, 11) is 0. The van der Waals surface area contributed by atoms with Crippen molar-refractivity contribution in [3.63, 3.8) is 0 Å². The van der Waals surface area contributed by atoms with Crippen molar-refractivity contribution in [1.82, 2.24) is 9.80 Å². The van der Waals surface area contributed by atoms with Crippen molar-refractivity contribution in [1.29, 1.82) is 0 Å². The van der Waals surface area contributed by atoms with Crippen LogP contribution in [0.15, 0.2) is 0 Å². The Morgan fingerprint density at radius 1 is 0.880 bits per heavy atom. The fourth-order valence-electron chi connectivity index (χ4n) is 4.35. The third-order valence-corrected chi connectivity index (χ3v) is 6.09. The van der Waals surface area contributed by atoms with E-state index in [1.54, 1.807) is 0 Å². The molecule has 0 aromatic rings. The fourth-order valence-corrected chi connectivity index (χ4v) is 4.35. The van der Waals surface area contributed by atoms with Crippen LogP contribution in [0.5, 0.6) is 0 Å². The molecule has 2 rings (SSSR count). The zero-order valence-electron chi connectivity index (χ0n) is 17.4. The normalized spacial score (nSPS) is 27.4. The number of carbonyl (C=O) groups is 2. The summed E-state index contributed by atoms with van der Waals surface area (Å²) in [5, 5.41) is 0. The van der Waals surface area contributed by atoms with Gasteiger partial charge in [0.2, 0.25) is 5.91 Å². The molecule has 4 heteroatoms. The van der Waals surface area contributed by atoms with E-state index in [4.69, 9.17) is 0 Å². The molecule has 0 saturated carbocycles. The molecule has 2 fully saturated rings. The first-order chi connectivity index (χ1) is 11.4. The number of likely N-dealkylation sites (tertiary alicyclic amines) is 2. The highest BCUT2D eigenvalue weighted by atomic mass is 16.2. The number of rotatable bonds is 2. The fraction of sp³-hybridized carbons (Fsp3) is 0.905. The van der Waals surface area contributed by atoms with E-state index in [0.29, 0.717) is 11.7 Å². The van der Waals surface area contributed by atoms with Crippen LogP contribution >= 0.6 is 0 Å². The Morgan fingerprint density at radius 2 is 1.44 bits per heavy atom. The minimum absolute atomic E-state index is 0.104. The van der Waals surface area contributed by atoms with Crippen molar-refractivity contribution in [2.45, 2.75) is 73.3 Å². The average Bonchev–Trinajstić information content (AvgIpc) is 2.52. The molecule has 1 amide bonds. The first-order valence-electron chi connectivity index (χ1n) is 9.99. The largest absolute Gasteiger partial charge is 0.342 e. The lowest BCUT2D eigenvalue weighted by molar-refractivity contribution is -0.144. The lowest BCUT2D eigenvalue weighted by Gasteiger charge is -2.43. The Balaban J connectivity index is 1.90. The van der Waals surface area contributed by atoms with E-state index in [-0.39, 0.29) is 28.7 Å². The highest BCUT2D eigenvalue weighted by Gasteiger charge is 2.39. The summed E-state index contributed by atoms with van der Waals surface area (Å²) in [5.74, 6) is 1.21. The van der Waals surface area contributed by atoms with Crippen LogP contribution < -0.4 is 0 Å². The number of hydrogen-bond acceptors (Lipinski definition) is 3. The Hall–Kier alpha value is -0.900. The predicted octanol–water partition coefficient (Wildman–Crippen LogP) is 3.60. The number of nitrogens with zero attached hydrogens (tertiary/aromatic N) is 2. The van der Waals surface area contributed by atoms with E-state index in [1.807, 2.05) is 25.7 Å². The smallest absolute Gasteiger partial charge is 0.225 e. The summed E-state index contributed by atoms with van der Waals surface area (Å²) in [6.07, 6.45) is 2.75. The molecule has 2 aliphatic rings. The van der Waals surface area contributed by atoms with Gasteiger partial charge in [-0.25, -0.2) is 0 Å². The van der Waals surface area contributed by atoms with Crippen molar-refractivity contribution in [2.24, 2.45) is 23.2 Å². The maximum absolute atomic E-state index is 13.0. The molecule has 0 N–H and O–H groups in total. The standard InChI is InChI=1S/C21H38N2O2/c1-15-14-22(11-10-17(15)18(24)20(2,3)4)19(25)16-8-12-23(13-9-16)21(5,6)7/h15-17H,8-14H2,1-7H3. The van der Waals surface area contributed by atoms with Gasteiger partial charge >= 0.3 is 0 Å². The Morgan fingerprint density at radius 3 is 1.88 bits per heavy atom. The van der Waals surface area contributed by atoms with Gasteiger partial charge in [-0.2, -0.15) is 0 Å². The van der Waals surface area contributed by atoms with Crippen LogP contribution in [-0.2, 0) is 9.59 Å². The Labute approximate surface area is 154 Å². The van der Waals surface area contributed by atoms with E-state index in [1.165, 1.54) is 0 Å². The zero-order chi connectivity index (χ0) is 19.0. The molecule has 0 aromatic carbocycles. The third kappa shape index (κ3) is 4.84. The van der Waals surface area contributed by atoms with Crippen LogP contribution in [0.4, 0.5) is 0 Å². The topological polar surface area (TPSA) is 40.6 Å². The number of hydrogen-bond donors (Lipinski definition) is 0. The van der Waals surface area contributed by atoms with E-state index in [2.05, 4.69) is 32.6 Å². The van der Waals surface area contributed by atoms with Gasteiger partial charge in [-0.15, -0.1) is 0 Å². The molecule has 2 saturated heterocycles. The summed E-state index contributed by atoms with van der Waals surface area (Å²) in [4.78, 5) is 30.1. The van der Waals surface area contributed by atoms with Crippen molar-refractivity contribution >= 4 is 11.7 Å². The maximum Gasteiger partial charge on any atom is 0.225 e. The maximum atomic E-state index is 13.0. The van der Waals surface area contributed by atoms with Crippen LogP contribution in [0.3, 0.4) is 0 Å². The average molecular weight is 351 g/mol. The minimum atomic E-state index is -0.287. The van der Waals surface area contributed by atoms with Crippen LogP contribution in [0.2, 0.25) is 0 Å². The van der Waals surface area contributed by atoms with Crippen LogP contribution in [0.1, 0.15) is 67.7 Å². The van der Waals surface area contributed by atoms with Crippen LogP contribution in [0, 0.1) is 23.2 Å². The molecule has 0 bridgehead atoms. The van der Waals surface area contributed by atoms with Crippen LogP contribution in [-0.4, -0.2) is 53.2 Å². The van der Waals surface area contributed by atoms with E-state index < -0.39 is 0 Å². The molecule has 0 aliphatic carbocycles. The van der Waals surface area contributed by atoms with Gasteiger partial charge in [0.15, 0.2) is 0 Å². The molecule has 0 radical (unpaired) electrons. The third-order valence-electron chi connectivity index (χ3n) is 6.09. The zero-order valence-corrected chi connectivity index (χ0v) is 17.4. The van der Waals surface area contributed by atoms with Gasteiger partial charge in [0, 0.05) is 35.9 Å². The molecule has 0 aromatic heterocycles. The molecule has 25 heavy (non-hydrogen) atoms. The molecular formula is C21H38N2O2. The Bertz CT molecular complexity index is 493. The van der Waals surface area contributed by atoms with Gasteiger partial charge < -0.3 is 4.90 Å². The Kier molecular flexibility index (Phi) is 6.03. The van der Waals surface area contributed by atoms with Crippen molar-refractivity contribution in [3.8, 4) is 0 Å². The van der Waals surface area contributed by atoms with Crippen LogP contribution in [0.25, 0.3) is 0 Å². The van der Waals surface area contributed by atoms with E-state index >= 15 is 0 Å². The molecule has 144 valence electrons.